The fourth-order valence-corrected chi connectivity index (χ4v) is 2.45. The molecule has 1 fully saturated rings. The molecule has 1 N–H and O–H groups in total. The van der Waals surface area contributed by atoms with Gasteiger partial charge in [-0.25, -0.2) is 5.48 Å². The van der Waals surface area contributed by atoms with E-state index in [2.05, 4.69) is 15.1 Å². The molecule has 1 aromatic carbocycles. The molecular weight excluding hydrogens is 298 g/mol. The number of nitrogens with zero attached hydrogens (tertiary/aromatic N) is 1. The van der Waals surface area contributed by atoms with Gasteiger partial charge in [0.25, 0.3) is 11.8 Å². The molecule has 1 atom stereocenters. The van der Waals surface area contributed by atoms with Gasteiger partial charge >= 0.3 is 6.61 Å². The van der Waals surface area contributed by atoms with Gasteiger partial charge in [0, 0.05) is 6.54 Å². The Morgan fingerprint density at radius 2 is 2.09 bits per heavy atom. The van der Waals surface area contributed by atoms with E-state index in [1.807, 2.05) is 0 Å². The highest BCUT2D eigenvalue weighted by molar-refractivity contribution is 5.99. The number of rotatable bonds is 5. The van der Waals surface area contributed by atoms with Gasteiger partial charge in [-0.05, 0) is 25.0 Å². The van der Waals surface area contributed by atoms with Crippen LogP contribution in [0.3, 0.4) is 0 Å². The molecule has 2 amide bonds. The van der Waals surface area contributed by atoms with Crippen molar-refractivity contribution in [2.45, 2.75) is 25.5 Å². The quantitative estimate of drug-likeness (QED) is 0.838. The van der Waals surface area contributed by atoms with Crippen LogP contribution in [-0.2, 0) is 9.63 Å². The number of benzene rings is 1. The van der Waals surface area contributed by atoms with Crippen LogP contribution in [0.5, 0.6) is 5.75 Å². The fourth-order valence-electron chi connectivity index (χ4n) is 2.45. The first-order valence-electron chi connectivity index (χ1n) is 6.72. The Morgan fingerprint density at radius 3 is 2.77 bits per heavy atom. The predicted octanol–water partition coefficient (Wildman–Crippen LogP) is 1.57. The number of hydrogen-bond acceptors (Lipinski definition) is 4. The molecule has 1 saturated heterocycles. The van der Waals surface area contributed by atoms with Crippen LogP contribution in [0, 0.1) is 0 Å². The molecule has 2 rings (SSSR count). The Labute approximate surface area is 125 Å². The van der Waals surface area contributed by atoms with Crippen LogP contribution in [0.1, 0.15) is 23.2 Å². The van der Waals surface area contributed by atoms with Crippen LogP contribution in [-0.4, -0.2) is 43.0 Å². The van der Waals surface area contributed by atoms with Crippen molar-refractivity contribution in [3.8, 4) is 5.75 Å². The summed E-state index contributed by atoms with van der Waals surface area (Å²) in [5.41, 5.74) is 2.19. The highest BCUT2D eigenvalue weighted by atomic mass is 19.3. The number of halogens is 2. The number of alkyl halides is 2. The summed E-state index contributed by atoms with van der Waals surface area (Å²) in [5, 5.41) is 0. The van der Waals surface area contributed by atoms with Crippen LogP contribution in [0.15, 0.2) is 24.3 Å². The van der Waals surface area contributed by atoms with Gasteiger partial charge in [0.1, 0.15) is 11.8 Å². The second kappa shape index (κ2) is 7.17. The van der Waals surface area contributed by atoms with Crippen LogP contribution < -0.4 is 10.2 Å². The lowest BCUT2D eigenvalue weighted by Crippen LogP contribution is -2.45. The smallest absolute Gasteiger partial charge is 0.387 e. The number of hydrogen-bond donors (Lipinski definition) is 1. The zero-order valence-corrected chi connectivity index (χ0v) is 11.9. The number of nitrogens with one attached hydrogen (secondary N) is 1. The lowest BCUT2D eigenvalue weighted by Gasteiger charge is -2.24. The molecule has 0 saturated carbocycles. The first-order chi connectivity index (χ1) is 10.5. The number of hydroxylamine groups is 1. The highest BCUT2D eigenvalue weighted by Crippen LogP contribution is 2.26. The van der Waals surface area contributed by atoms with Crippen molar-refractivity contribution >= 4 is 11.8 Å². The summed E-state index contributed by atoms with van der Waals surface area (Å²) in [4.78, 5) is 30.3. The Hall–Kier alpha value is -2.22. The third kappa shape index (κ3) is 3.51. The first-order valence-corrected chi connectivity index (χ1v) is 6.72. The lowest BCUT2D eigenvalue weighted by molar-refractivity contribution is -0.135. The topological polar surface area (TPSA) is 67.9 Å². The average molecular weight is 314 g/mol. The van der Waals surface area contributed by atoms with Crippen molar-refractivity contribution in [1.29, 1.82) is 0 Å². The van der Waals surface area contributed by atoms with Crippen LogP contribution in [0.25, 0.3) is 0 Å². The second-order valence-corrected chi connectivity index (χ2v) is 4.70. The minimum Gasteiger partial charge on any atom is -0.434 e. The second-order valence-electron chi connectivity index (χ2n) is 4.70. The minimum absolute atomic E-state index is 0.0000770. The zero-order valence-electron chi connectivity index (χ0n) is 11.9. The van der Waals surface area contributed by atoms with E-state index in [9.17, 15) is 18.4 Å². The maximum atomic E-state index is 12.5. The van der Waals surface area contributed by atoms with Crippen LogP contribution in [0.2, 0.25) is 0 Å². The van der Waals surface area contributed by atoms with Gasteiger partial charge in [-0.15, -0.1) is 0 Å². The Kier molecular flexibility index (Phi) is 5.26. The van der Waals surface area contributed by atoms with Gasteiger partial charge < -0.3 is 9.64 Å². The van der Waals surface area contributed by atoms with E-state index in [0.29, 0.717) is 19.4 Å². The molecule has 0 spiro atoms. The molecule has 22 heavy (non-hydrogen) atoms. The van der Waals surface area contributed by atoms with E-state index in [0.717, 1.165) is 0 Å². The van der Waals surface area contributed by atoms with E-state index in [4.69, 9.17) is 0 Å². The maximum Gasteiger partial charge on any atom is 0.387 e. The third-order valence-electron chi connectivity index (χ3n) is 3.35. The molecule has 1 aliphatic heterocycles. The Bertz CT molecular complexity index is 553. The molecular formula is C14H16F2N2O4. The standard InChI is InChI=1S/C14H16F2N2O4/c1-21-17-12(19)10-6-4-8-18(10)13(20)9-5-2-3-7-11(9)22-14(15)16/h2-3,5,7,10,14H,4,6,8H2,1H3,(H,17,19). The normalized spacial score (nSPS) is 17.6. The summed E-state index contributed by atoms with van der Waals surface area (Å²) in [6.07, 6.45) is 1.13. The number of amides is 2. The van der Waals surface area contributed by atoms with Crippen LogP contribution >= 0.6 is 0 Å². The van der Waals surface area contributed by atoms with E-state index in [-0.39, 0.29) is 11.3 Å². The molecule has 0 bridgehead atoms. The summed E-state index contributed by atoms with van der Waals surface area (Å²) in [7, 11) is 1.30. The molecule has 120 valence electrons. The number of carbonyl (C=O) groups is 2. The largest absolute Gasteiger partial charge is 0.434 e. The first kappa shape index (κ1) is 16.2. The van der Waals surface area contributed by atoms with Gasteiger partial charge in [-0.3, -0.25) is 14.4 Å². The Balaban J connectivity index is 2.22. The molecule has 1 aliphatic rings. The van der Waals surface area contributed by atoms with Gasteiger partial charge in [0.15, 0.2) is 0 Å². The van der Waals surface area contributed by atoms with Gasteiger partial charge in [0.05, 0.1) is 12.7 Å². The van der Waals surface area contributed by atoms with Gasteiger partial charge in [-0.1, -0.05) is 12.1 Å². The molecule has 1 heterocycles. The van der Waals surface area contributed by atoms with Crippen molar-refractivity contribution < 1.29 is 27.9 Å². The monoisotopic (exact) mass is 314 g/mol. The van der Waals surface area contributed by atoms with E-state index >= 15 is 0 Å². The number of carbonyl (C=O) groups excluding carboxylic acids is 2. The predicted molar refractivity (Wildman–Crippen MR) is 72.3 cm³/mol. The number of likely N-dealkylation sites (tertiary alicyclic amines) is 1. The van der Waals surface area contributed by atoms with Crippen molar-refractivity contribution in [3.63, 3.8) is 0 Å². The summed E-state index contributed by atoms with van der Waals surface area (Å²) >= 11 is 0. The fraction of sp³-hybridized carbons (Fsp3) is 0.429. The number of para-hydroxylation sites is 1. The molecule has 1 aromatic rings. The maximum absolute atomic E-state index is 12.5. The molecule has 1 unspecified atom stereocenters. The molecule has 0 aromatic heterocycles. The zero-order chi connectivity index (χ0) is 16.1. The summed E-state index contributed by atoms with van der Waals surface area (Å²) in [5.74, 6) is -1.18. The summed E-state index contributed by atoms with van der Waals surface area (Å²) in [6.45, 7) is -2.66. The average Bonchev–Trinajstić information content (AvgIpc) is 2.96. The molecule has 6 nitrogen and oxygen atoms in total. The molecule has 0 aliphatic carbocycles. The van der Waals surface area contributed by atoms with Crippen LogP contribution in [0.4, 0.5) is 8.78 Å². The summed E-state index contributed by atoms with van der Waals surface area (Å²) in [6, 6.07) is 5.04. The molecule has 8 heteroatoms. The SMILES string of the molecule is CONC(=O)C1CCCN1C(=O)c1ccccc1OC(F)F. The van der Waals surface area contributed by atoms with Crippen molar-refractivity contribution in [2.75, 3.05) is 13.7 Å². The van der Waals surface area contributed by atoms with E-state index < -0.39 is 24.5 Å². The number of ether oxygens (including phenoxy) is 1. The lowest BCUT2D eigenvalue weighted by atomic mass is 10.1. The van der Waals surface area contributed by atoms with Crippen molar-refractivity contribution in [1.82, 2.24) is 10.4 Å². The van der Waals surface area contributed by atoms with Crippen molar-refractivity contribution in [2.24, 2.45) is 0 Å². The summed E-state index contributed by atoms with van der Waals surface area (Å²) < 4.78 is 29.2. The third-order valence-corrected chi connectivity index (χ3v) is 3.35. The van der Waals surface area contributed by atoms with E-state index in [1.54, 1.807) is 6.07 Å². The van der Waals surface area contributed by atoms with Crippen molar-refractivity contribution in [3.05, 3.63) is 29.8 Å². The Morgan fingerprint density at radius 1 is 1.36 bits per heavy atom. The highest BCUT2D eigenvalue weighted by Gasteiger charge is 2.35. The van der Waals surface area contributed by atoms with E-state index in [1.165, 1.54) is 30.2 Å². The molecule has 0 radical (unpaired) electrons. The van der Waals surface area contributed by atoms with Gasteiger partial charge in [0.2, 0.25) is 0 Å². The minimum atomic E-state index is -3.03. The van der Waals surface area contributed by atoms with Gasteiger partial charge in [-0.2, -0.15) is 8.78 Å².